The number of benzene rings is 2. The van der Waals surface area contributed by atoms with Gasteiger partial charge in [-0.15, -0.1) is 0 Å². The van der Waals surface area contributed by atoms with E-state index in [0.717, 1.165) is 30.4 Å². The number of methoxy groups -OCH3 is 1. The number of nitrogens with zero attached hydrogens (tertiary/aromatic N) is 1. The first-order valence-corrected chi connectivity index (χ1v) is 12.1. The molecular formula is C24H29NO6S. The molecule has 7 nitrogen and oxygen atoms in total. The van der Waals surface area contributed by atoms with Crippen LogP contribution in [0.1, 0.15) is 58.0 Å². The van der Waals surface area contributed by atoms with Crippen molar-refractivity contribution in [3.63, 3.8) is 0 Å². The Labute approximate surface area is 189 Å². The smallest absolute Gasteiger partial charge is 0.338 e. The predicted molar refractivity (Wildman–Crippen MR) is 121 cm³/mol. The number of hydrogen-bond acceptors (Lipinski definition) is 6. The zero-order valence-electron chi connectivity index (χ0n) is 18.9. The van der Waals surface area contributed by atoms with Gasteiger partial charge >= 0.3 is 5.97 Å². The maximum absolute atomic E-state index is 13.3. The van der Waals surface area contributed by atoms with Crippen molar-refractivity contribution in [2.45, 2.75) is 51.0 Å². The van der Waals surface area contributed by atoms with E-state index in [9.17, 15) is 18.0 Å². The standard InChI is InChI=1S/C24H29NO6S/c1-16-8-9-17(2)20(13-16)21(26)15-31-24(27)19-10-11-22(30-4)23(14-19)32(28,29)25-12-6-5-7-18(25)3/h8-11,13-14,18H,5-7,12,15H2,1-4H3. The average Bonchev–Trinajstić information content (AvgIpc) is 2.78. The van der Waals surface area contributed by atoms with Crippen LogP contribution in [0.3, 0.4) is 0 Å². The Hall–Kier alpha value is -2.71. The third kappa shape index (κ3) is 5.02. The van der Waals surface area contributed by atoms with E-state index < -0.39 is 22.6 Å². The van der Waals surface area contributed by atoms with Crippen LogP contribution in [0.15, 0.2) is 41.3 Å². The molecule has 1 saturated heterocycles. The molecule has 0 spiro atoms. The highest BCUT2D eigenvalue weighted by Gasteiger charge is 2.33. The molecule has 8 heteroatoms. The highest BCUT2D eigenvalue weighted by molar-refractivity contribution is 7.89. The summed E-state index contributed by atoms with van der Waals surface area (Å²) < 4.78 is 38.5. The second kappa shape index (κ2) is 9.83. The number of Topliss-reactive ketones (excluding diaryl/α,β-unsaturated/α-hetero) is 1. The molecule has 2 aromatic carbocycles. The third-order valence-electron chi connectivity index (χ3n) is 5.76. The van der Waals surface area contributed by atoms with Gasteiger partial charge in [-0.25, -0.2) is 13.2 Å². The summed E-state index contributed by atoms with van der Waals surface area (Å²) in [5.41, 5.74) is 2.27. The van der Waals surface area contributed by atoms with Gasteiger partial charge in [-0.3, -0.25) is 4.79 Å². The van der Waals surface area contributed by atoms with Crippen LogP contribution in [0.25, 0.3) is 0 Å². The molecule has 2 aromatic rings. The van der Waals surface area contributed by atoms with Crippen LogP contribution in [0.4, 0.5) is 0 Å². The Morgan fingerprint density at radius 3 is 2.53 bits per heavy atom. The number of ether oxygens (including phenoxy) is 2. The molecule has 0 N–H and O–H groups in total. The van der Waals surface area contributed by atoms with E-state index in [4.69, 9.17) is 9.47 Å². The maximum Gasteiger partial charge on any atom is 0.338 e. The topological polar surface area (TPSA) is 90.0 Å². The van der Waals surface area contributed by atoms with Crippen molar-refractivity contribution in [1.29, 1.82) is 0 Å². The van der Waals surface area contributed by atoms with Crippen LogP contribution < -0.4 is 4.74 Å². The van der Waals surface area contributed by atoms with Crippen molar-refractivity contribution in [1.82, 2.24) is 4.31 Å². The largest absolute Gasteiger partial charge is 0.495 e. The fourth-order valence-corrected chi connectivity index (χ4v) is 5.77. The van der Waals surface area contributed by atoms with Crippen molar-refractivity contribution in [3.05, 3.63) is 58.7 Å². The number of piperidine rings is 1. The van der Waals surface area contributed by atoms with Crippen molar-refractivity contribution >= 4 is 21.8 Å². The summed E-state index contributed by atoms with van der Waals surface area (Å²) in [5, 5.41) is 0. The summed E-state index contributed by atoms with van der Waals surface area (Å²) >= 11 is 0. The van der Waals surface area contributed by atoms with Gasteiger partial charge in [0.2, 0.25) is 15.8 Å². The van der Waals surface area contributed by atoms with Crippen LogP contribution in [0.5, 0.6) is 5.75 Å². The number of carbonyl (C=O) groups excluding carboxylic acids is 2. The number of sulfonamides is 1. The minimum atomic E-state index is -3.86. The average molecular weight is 460 g/mol. The number of ketones is 1. The molecule has 1 fully saturated rings. The Bertz CT molecular complexity index is 1130. The van der Waals surface area contributed by atoms with Gasteiger partial charge < -0.3 is 9.47 Å². The van der Waals surface area contributed by atoms with Gasteiger partial charge in [0.05, 0.1) is 12.7 Å². The Morgan fingerprint density at radius 1 is 1.09 bits per heavy atom. The maximum atomic E-state index is 13.3. The molecule has 32 heavy (non-hydrogen) atoms. The molecule has 1 unspecified atom stereocenters. The fraction of sp³-hybridized carbons (Fsp3) is 0.417. The molecular weight excluding hydrogens is 430 g/mol. The lowest BCUT2D eigenvalue weighted by atomic mass is 10.0. The fourth-order valence-electron chi connectivity index (χ4n) is 3.89. The molecule has 172 valence electrons. The molecule has 0 amide bonds. The van der Waals surface area contributed by atoms with Gasteiger partial charge in [0.25, 0.3) is 0 Å². The Balaban J connectivity index is 1.82. The van der Waals surface area contributed by atoms with Crippen molar-refractivity contribution < 1.29 is 27.5 Å². The van der Waals surface area contributed by atoms with Crippen LogP contribution in [-0.4, -0.2) is 50.8 Å². The Morgan fingerprint density at radius 2 is 1.84 bits per heavy atom. The summed E-state index contributed by atoms with van der Waals surface area (Å²) in [7, 11) is -2.48. The van der Waals surface area contributed by atoms with Gasteiger partial charge in [-0.2, -0.15) is 4.31 Å². The van der Waals surface area contributed by atoms with Gasteiger partial charge in [-0.05, 0) is 63.4 Å². The molecule has 0 radical (unpaired) electrons. The van der Waals surface area contributed by atoms with E-state index in [0.29, 0.717) is 12.1 Å². The first-order valence-electron chi connectivity index (χ1n) is 10.6. The first kappa shape index (κ1) is 23.9. The van der Waals surface area contributed by atoms with E-state index in [1.54, 1.807) is 6.07 Å². The molecule has 3 rings (SSSR count). The number of carbonyl (C=O) groups is 2. The van der Waals surface area contributed by atoms with Crippen LogP contribution in [-0.2, 0) is 14.8 Å². The molecule has 0 aromatic heterocycles. The number of esters is 1. The normalized spacial score (nSPS) is 17.1. The SMILES string of the molecule is COc1ccc(C(=O)OCC(=O)c2cc(C)ccc2C)cc1S(=O)(=O)N1CCCCC1C. The van der Waals surface area contributed by atoms with Crippen LogP contribution in [0, 0.1) is 13.8 Å². The molecule has 1 aliphatic rings. The molecule has 0 bridgehead atoms. The lowest BCUT2D eigenvalue weighted by Gasteiger charge is -2.32. The van der Waals surface area contributed by atoms with E-state index >= 15 is 0 Å². The highest BCUT2D eigenvalue weighted by Crippen LogP contribution is 2.32. The quantitative estimate of drug-likeness (QED) is 0.461. The van der Waals surface area contributed by atoms with Crippen LogP contribution >= 0.6 is 0 Å². The summed E-state index contributed by atoms with van der Waals surface area (Å²) in [6, 6.07) is 9.49. The number of rotatable bonds is 7. The Kier molecular flexibility index (Phi) is 7.36. The summed E-state index contributed by atoms with van der Waals surface area (Å²) in [5.74, 6) is -0.928. The minimum Gasteiger partial charge on any atom is -0.495 e. The summed E-state index contributed by atoms with van der Waals surface area (Å²) in [4.78, 5) is 25.1. The van der Waals surface area contributed by atoms with E-state index in [1.165, 1.54) is 29.6 Å². The van der Waals surface area contributed by atoms with Crippen molar-refractivity contribution in [2.24, 2.45) is 0 Å². The lowest BCUT2D eigenvalue weighted by molar-refractivity contribution is 0.0474. The van der Waals surface area contributed by atoms with Gasteiger partial charge in [-0.1, -0.05) is 24.1 Å². The van der Waals surface area contributed by atoms with Crippen molar-refractivity contribution in [2.75, 3.05) is 20.3 Å². The first-order chi connectivity index (χ1) is 15.1. The second-order valence-corrected chi connectivity index (χ2v) is 10.0. The highest BCUT2D eigenvalue weighted by atomic mass is 32.2. The van der Waals surface area contributed by atoms with E-state index in [2.05, 4.69) is 0 Å². The van der Waals surface area contributed by atoms with Crippen LogP contribution in [0.2, 0.25) is 0 Å². The molecule has 1 heterocycles. The summed E-state index contributed by atoms with van der Waals surface area (Å²) in [6.45, 7) is 5.56. The van der Waals surface area contributed by atoms with Gasteiger partial charge in [0.15, 0.2) is 6.61 Å². The van der Waals surface area contributed by atoms with Gasteiger partial charge in [0, 0.05) is 18.2 Å². The zero-order chi connectivity index (χ0) is 23.5. The summed E-state index contributed by atoms with van der Waals surface area (Å²) in [6.07, 6.45) is 2.54. The molecule has 1 atom stereocenters. The molecule has 1 aliphatic heterocycles. The van der Waals surface area contributed by atoms with E-state index in [-0.39, 0.29) is 28.0 Å². The third-order valence-corrected chi connectivity index (χ3v) is 7.79. The molecule has 0 aliphatic carbocycles. The van der Waals surface area contributed by atoms with E-state index in [1.807, 2.05) is 32.9 Å². The lowest BCUT2D eigenvalue weighted by Crippen LogP contribution is -2.42. The zero-order valence-corrected chi connectivity index (χ0v) is 19.7. The monoisotopic (exact) mass is 459 g/mol. The number of aryl methyl sites for hydroxylation is 2. The second-order valence-electron chi connectivity index (χ2n) is 8.14. The molecule has 0 saturated carbocycles. The van der Waals surface area contributed by atoms with Crippen molar-refractivity contribution in [3.8, 4) is 5.75 Å². The van der Waals surface area contributed by atoms with Gasteiger partial charge in [0.1, 0.15) is 10.6 Å². The predicted octanol–water partition coefficient (Wildman–Crippen LogP) is 3.91. The number of hydrogen-bond donors (Lipinski definition) is 0. The minimum absolute atomic E-state index is 0.0443.